The summed E-state index contributed by atoms with van der Waals surface area (Å²) in [5, 5.41) is 12.0. The molecule has 1 aliphatic carbocycles. The largest absolute Gasteiger partial charge is 0.383 e. The van der Waals surface area contributed by atoms with Crippen LogP contribution >= 0.6 is 0 Å². The first-order valence-electron chi connectivity index (χ1n) is 6.36. The molecule has 1 aliphatic heterocycles. The topological polar surface area (TPSA) is 58.6 Å². The van der Waals surface area contributed by atoms with Crippen molar-refractivity contribution in [2.24, 2.45) is 5.92 Å². The van der Waals surface area contributed by atoms with Gasteiger partial charge in [-0.2, -0.15) is 8.78 Å². The summed E-state index contributed by atoms with van der Waals surface area (Å²) in [7, 11) is 0. The fourth-order valence-corrected chi connectivity index (χ4v) is 2.40. The Morgan fingerprint density at radius 3 is 2.67 bits per heavy atom. The summed E-state index contributed by atoms with van der Waals surface area (Å²) in [6, 6.07) is -0.366. The number of ether oxygens (including phenoxy) is 1. The van der Waals surface area contributed by atoms with Gasteiger partial charge in [0.05, 0.1) is 6.61 Å². The average Bonchev–Trinajstić information content (AvgIpc) is 2.78. The lowest BCUT2D eigenvalue weighted by molar-refractivity contribution is -0.216. The normalized spacial score (nSPS) is 28.6. The molecule has 0 spiro atoms. The third kappa shape index (κ3) is 2.23. The number of hydrogen-bond acceptors (Lipinski definition) is 3. The van der Waals surface area contributed by atoms with Crippen molar-refractivity contribution in [2.75, 3.05) is 13.2 Å². The Hall–Kier alpha value is -0.750. The highest BCUT2D eigenvalue weighted by Crippen LogP contribution is 2.44. The molecule has 4 nitrogen and oxygen atoms in total. The van der Waals surface area contributed by atoms with Crippen molar-refractivity contribution >= 4 is 5.91 Å². The van der Waals surface area contributed by atoms with E-state index >= 15 is 0 Å². The van der Waals surface area contributed by atoms with Crippen molar-refractivity contribution in [2.45, 2.75) is 50.2 Å². The Balaban J connectivity index is 1.94. The van der Waals surface area contributed by atoms with Crippen LogP contribution in [0.5, 0.6) is 0 Å². The summed E-state index contributed by atoms with van der Waals surface area (Å²) in [5.74, 6) is -5.01. The molecule has 1 saturated carbocycles. The minimum Gasteiger partial charge on any atom is -0.383 e. The van der Waals surface area contributed by atoms with Crippen LogP contribution in [0.3, 0.4) is 0 Å². The molecule has 1 saturated heterocycles. The number of hydrogen-bond donors (Lipinski definition) is 2. The molecule has 6 heteroatoms. The summed E-state index contributed by atoms with van der Waals surface area (Å²) in [6.45, 7) is 2.78. The van der Waals surface area contributed by atoms with Crippen molar-refractivity contribution in [3.63, 3.8) is 0 Å². The van der Waals surface area contributed by atoms with Crippen molar-refractivity contribution in [1.82, 2.24) is 5.32 Å². The maximum absolute atomic E-state index is 13.8. The highest BCUT2D eigenvalue weighted by atomic mass is 19.3. The fourth-order valence-electron chi connectivity index (χ4n) is 2.40. The Labute approximate surface area is 105 Å². The zero-order valence-corrected chi connectivity index (χ0v) is 10.4. The zero-order chi connectivity index (χ0) is 13.4. The van der Waals surface area contributed by atoms with Gasteiger partial charge >= 0.3 is 5.92 Å². The highest BCUT2D eigenvalue weighted by molar-refractivity contribution is 5.85. The van der Waals surface area contributed by atoms with Crippen LogP contribution < -0.4 is 5.32 Å². The molecule has 2 N–H and O–H groups in total. The predicted octanol–water partition coefficient (Wildman–Crippen LogP) is 1.08. The van der Waals surface area contributed by atoms with Gasteiger partial charge in [0.15, 0.2) is 0 Å². The van der Waals surface area contributed by atoms with Crippen LogP contribution in [-0.4, -0.2) is 41.8 Å². The molecule has 1 heterocycles. The third-order valence-corrected chi connectivity index (χ3v) is 4.08. The minimum absolute atomic E-state index is 0.0195. The van der Waals surface area contributed by atoms with Crippen molar-refractivity contribution < 1.29 is 23.4 Å². The molecule has 2 atom stereocenters. The standard InChI is InChI=1S/C12H19F2NO3/c1-8(9-3-6-18-7-9)15-10(16)12(13,14)11(17)4-2-5-11/h8-9,17H,2-7H2,1H3,(H,15,16). The van der Waals surface area contributed by atoms with Gasteiger partial charge in [-0.15, -0.1) is 0 Å². The lowest BCUT2D eigenvalue weighted by atomic mass is 9.75. The maximum Gasteiger partial charge on any atom is 0.352 e. The molecule has 0 bridgehead atoms. The molecule has 2 unspecified atom stereocenters. The van der Waals surface area contributed by atoms with Crippen molar-refractivity contribution in [1.29, 1.82) is 0 Å². The number of aliphatic hydroxyl groups is 1. The summed E-state index contributed by atoms with van der Waals surface area (Å²) >= 11 is 0. The summed E-state index contributed by atoms with van der Waals surface area (Å²) in [4.78, 5) is 11.6. The van der Waals surface area contributed by atoms with E-state index in [4.69, 9.17) is 4.74 Å². The van der Waals surface area contributed by atoms with Gasteiger partial charge in [-0.1, -0.05) is 0 Å². The van der Waals surface area contributed by atoms with Gasteiger partial charge in [0, 0.05) is 18.6 Å². The van der Waals surface area contributed by atoms with Crippen LogP contribution in [0.4, 0.5) is 8.78 Å². The number of alkyl halides is 2. The van der Waals surface area contributed by atoms with Gasteiger partial charge in [-0.25, -0.2) is 0 Å². The lowest BCUT2D eigenvalue weighted by Crippen LogP contribution is -2.62. The van der Waals surface area contributed by atoms with E-state index < -0.39 is 17.4 Å². The van der Waals surface area contributed by atoms with E-state index in [-0.39, 0.29) is 24.8 Å². The first-order valence-corrected chi connectivity index (χ1v) is 6.36. The number of carbonyl (C=O) groups is 1. The molecule has 2 aliphatic rings. The number of amides is 1. The number of nitrogens with one attached hydrogen (secondary N) is 1. The molecular formula is C12H19F2NO3. The third-order valence-electron chi connectivity index (χ3n) is 4.08. The second kappa shape index (κ2) is 4.74. The van der Waals surface area contributed by atoms with Gasteiger partial charge in [0.25, 0.3) is 5.91 Å². The highest BCUT2D eigenvalue weighted by Gasteiger charge is 2.61. The molecule has 104 valence electrons. The summed E-state index contributed by atoms with van der Waals surface area (Å²) in [6.07, 6.45) is 1.26. The van der Waals surface area contributed by atoms with Crippen molar-refractivity contribution in [3.8, 4) is 0 Å². The maximum atomic E-state index is 13.8. The Morgan fingerprint density at radius 2 is 2.22 bits per heavy atom. The van der Waals surface area contributed by atoms with Gasteiger partial charge < -0.3 is 15.2 Å². The van der Waals surface area contributed by atoms with Crippen LogP contribution in [0.25, 0.3) is 0 Å². The molecule has 2 fully saturated rings. The molecule has 0 aromatic carbocycles. The van der Waals surface area contributed by atoms with E-state index in [1.54, 1.807) is 6.92 Å². The zero-order valence-electron chi connectivity index (χ0n) is 10.4. The van der Waals surface area contributed by atoms with Crippen LogP contribution in [0.1, 0.15) is 32.6 Å². The SMILES string of the molecule is CC(NC(=O)C(F)(F)C1(O)CCC1)C1CCOC1. The first-order chi connectivity index (χ1) is 8.37. The van der Waals surface area contributed by atoms with Crippen LogP contribution in [0, 0.1) is 5.92 Å². The molecule has 2 rings (SSSR count). The van der Waals surface area contributed by atoms with E-state index in [0.29, 0.717) is 19.6 Å². The predicted molar refractivity (Wildman–Crippen MR) is 60.3 cm³/mol. The van der Waals surface area contributed by atoms with Gasteiger partial charge in [-0.05, 0) is 32.6 Å². The fraction of sp³-hybridized carbons (Fsp3) is 0.917. The van der Waals surface area contributed by atoms with Crippen LogP contribution in [-0.2, 0) is 9.53 Å². The Morgan fingerprint density at radius 1 is 1.56 bits per heavy atom. The van der Waals surface area contributed by atoms with Crippen LogP contribution in [0.15, 0.2) is 0 Å². The minimum atomic E-state index is -3.71. The summed E-state index contributed by atoms with van der Waals surface area (Å²) in [5.41, 5.74) is -2.15. The smallest absolute Gasteiger partial charge is 0.352 e. The van der Waals surface area contributed by atoms with E-state index in [1.807, 2.05) is 0 Å². The van der Waals surface area contributed by atoms with E-state index in [2.05, 4.69) is 5.32 Å². The molecular weight excluding hydrogens is 244 g/mol. The monoisotopic (exact) mass is 263 g/mol. The average molecular weight is 263 g/mol. The number of rotatable bonds is 4. The number of halogens is 2. The molecule has 18 heavy (non-hydrogen) atoms. The van der Waals surface area contributed by atoms with E-state index in [0.717, 1.165) is 6.42 Å². The Bertz CT molecular complexity index is 325. The summed E-state index contributed by atoms with van der Waals surface area (Å²) < 4.78 is 32.8. The quantitative estimate of drug-likeness (QED) is 0.798. The molecule has 0 aromatic heterocycles. The number of carbonyl (C=O) groups excluding carboxylic acids is 1. The molecule has 1 amide bonds. The van der Waals surface area contributed by atoms with Crippen molar-refractivity contribution in [3.05, 3.63) is 0 Å². The van der Waals surface area contributed by atoms with Gasteiger partial charge in [0.1, 0.15) is 5.60 Å². The van der Waals surface area contributed by atoms with Gasteiger partial charge in [0.2, 0.25) is 0 Å². The second-order valence-corrected chi connectivity index (χ2v) is 5.35. The molecule has 0 aromatic rings. The van der Waals surface area contributed by atoms with E-state index in [9.17, 15) is 18.7 Å². The first kappa shape index (κ1) is 13.7. The van der Waals surface area contributed by atoms with E-state index in [1.165, 1.54) is 0 Å². The van der Waals surface area contributed by atoms with Crippen LogP contribution in [0.2, 0.25) is 0 Å². The lowest BCUT2D eigenvalue weighted by Gasteiger charge is -2.41. The molecule has 0 radical (unpaired) electrons. The Kier molecular flexibility index (Phi) is 3.60. The van der Waals surface area contributed by atoms with Gasteiger partial charge in [-0.3, -0.25) is 4.79 Å². The second-order valence-electron chi connectivity index (χ2n) is 5.35.